The molecule has 0 spiro atoms. The standard InChI is InChI=1S/C16H20FN3/c1-12-5-4-6-15(19-12)11-20(3)16-8-7-14(17)9-13(16)10-18-2/h4-9,18H,10-11H2,1-3H3. The lowest BCUT2D eigenvalue weighted by molar-refractivity contribution is 0.623. The Morgan fingerprint density at radius 1 is 1.25 bits per heavy atom. The zero-order chi connectivity index (χ0) is 14.5. The molecule has 2 rings (SSSR count). The Labute approximate surface area is 119 Å². The first-order valence-electron chi connectivity index (χ1n) is 6.67. The number of rotatable bonds is 5. The Bertz CT molecular complexity index is 584. The summed E-state index contributed by atoms with van der Waals surface area (Å²) in [6.07, 6.45) is 0. The van der Waals surface area contributed by atoms with Crippen LogP contribution in [0.5, 0.6) is 0 Å². The fourth-order valence-corrected chi connectivity index (χ4v) is 2.27. The van der Waals surface area contributed by atoms with Crippen molar-refractivity contribution in [3.63, 3.8) is 0 Å². The van der Waals surface area contributed by atoms with Crippen LogP contribution in [0.4, 0.5) is 10.1 Å². The highest BCUT2D eigenvalue weighted by Gasteiger charge is 2.09. The van der Waals surface area contributed by atoms with Crippen LogP contribution in [0.1, 0.15) is 17.0 Å². The van der Waals surface area contributed by atoms with E-state index in [-0.39, 0.29) is 5.82 Å². The second-order valence-electron chi connectivity index (χ2n) is 4.93. The van der Waals surface area contributed by atoms with Gasteiger partial charge in [-0.3, -0.25) is 4.98 Å². The van der Waals surface area contributed by atoms with Crippen molar-refractivity contribution in [2.75, 3.05) is 19.0 Å². The van der Waals surface area contributed by atoms with E-state index in [1.54, 1.807) is 6.07 Å². The molecular weight excluding hydrogens is 253 g/mol. The molecule has 1 heterocycles. The van der Waals surface area contributed by atoms with Gasteiger partial charge < -0.3 is 10.2 Å². The highest BCUT2D eigenvalue weighted by molar-refractivity contribution is 5.53. The van der Waals surface area contributed by atoms with Crippen LogP contribution in [-0.4, -0.2) is 19.1 Å². The summed E-state index contributed by atoms with van der Waals surface area (Å²) in [6, 6.07) is 10.9. The zero-order valence-corrected chi connectivity index (χ0v) is 12.2. The minimum atomic E-state index is -0.207. The number of nitrogens with one attached hydrogen (secondary N) is 1. The summed E-state index contributed by atoms with van der Waals surface area (Å²) < 4.78 is 13.4. The quantitative estimate of drug-likeness (QED) is 0.908. The zero-order valence-electron chi connectivity index (χ0n) is 12.2. The van der Waals surface area contributed by atoms with Gasteiger partial charge in [0.15, 0.2) is 0 Å². The first kappa shape index (κ1) is 14.5. The van der Waals surface area contributed by atoms with E-state index < -0.39 is 0 Å². The van der Waals surface area contributed by atoms with Crippen molar-refractivity contribution in [2.45, 2.75) is 20.0 Å². The molecule has 0 aliphatic heterocycles. The molecule has 20 heavy (non-hydrogen) atoms. The van der Waals surface area contributed by atoms with Gasteiger partial charge in [0.2, 0.25) is 0 Å². The van der Waals surface area contributed by atoms with E-state index in [1.165, 1.54) is 6.07 Å². The van der Waals surface area contributed by atoms with Gasteiger partial charge in [-0.05, 0) is 49.9 Å². The lowest BCUT2D eigenvalue weighted by atomic mass is 10.1. The van der Waals surface area contributed by atoms with Crippen molar-refractivity contribution in [1.29, 1.82) is 0 Å². The summed E-state index contributed by atoms with van der Waals surface area (Å²) in [6.45, 7) is 3.32. The first-order valence-corrected chi connectivity index (χ1v) is 6.67. The smallest absolute Gasteiger partial charge is 0.123 e. The number of nitrogens with zero attached hydrogens (tertiary/aromatic N) is 2. The third-order valence-corrected chi connectivity index (χ3v) is 3.17. The van der Waals surface area contributed by atoms with E-state index in [4.69, 9.17) is 0 Å². The van der Waals surface area contributed by atoms with Gasteiger partial charge in [-0.1, -0.05) is 6.07 Å². The molecule has 0 aliphatic carbocycles. The van der Waals surface area contributed by atoms with Gasteiger partial charge >= 0.3 is 0 Å². The summed E-state index contributed by atoms with van der Waals surface area (Å²) in [5, 5.41) is 3.07. The number of benzene rings is 1. The average Bonchev–Trinajstić information content (AvgIpc) is 2.39. The molecule has 0 amide bonds. The van der Waals surface area contributed by atoms with E-state index >= 15 is 0 Å². The Kier molecular flexibility index (Phi) is 4.69. The Morgan fingerprint density at radius 2 is 2.05 bits per heavy atom. The van der Waals surface area contributed by atoms with Crippen LogP contribution in [0.2, 0.25) is 0 Å². The van der Waals surface area contributed by atoms with Gasteiger partial charge in [-0.25, -0.2) is 4.39 Å². The Morgan fingerprint density at radius 3 is 2.75 bits per heavy atom. The average molecular weight is 273 g/mol. The molecule has 4 heteroatoms. The van der Waals surface area contributed by atoms with Crippen LogP contribution in [0.25, 0.3) is 0 Å². The molecule has 0 saturated carbocycles. The number of hydrogen-bond acceptors (Lipinski definition) is 3. The van der Waals surface area contributed by atoms with E-state index in [9.17, 15) is 4.39 Å². The molecule has 3 nitrogen and oxygen atoms in total. The molecule has 2 aromatic rings. The molecule has 1 aromatic heterocycles. The molecule has 0 unspecified atom stereocenters. The fraction of sp³-hybridized carbons (Fsp3) is 0.312. The third kappa shape index (κ3) is 3.54. The molecule has 0 atom stereocenters. The summed E-state index contributed by atoms with van der Waals surface area (Å²) >= 11 is 0. The lowest BCUT2D eigenvalue weighted by Gasteiger charge is -2.22. The lowest BCUT2D eigenvalue weighted by Crippen LogP contribution is -2.20. The molecule has 106 valence electrons. The molecular formula is C16H20FN3. The van der Waals surface area contributed by atoms with Gasteiger partial charge in [-0.2, -0.15) is 0 Å². The van der Waals surface area contributed by atoms with Crippen LogP contribution in [0.15, 0.2) is 36.4 Å². The summed E-state index contributed by atoms with van der Waals surface area (Å²) in [4.78, 5) is 6.59. The topological polar surface area (TPSA) is 28.2 Å². The number of pyridine rings is 1. The first-order chi connectivity index (χ1) is 9.60. The number of hydrogen-bond donors (Lipinski definition) is 1. The maximum absolute atomic E-state index is 13.4. The Balaban J connectivity index is 2.22. The van der Waals surface area contributed by atoms with Crippen molar-refractivity contribution < 1.29 is 4.39 Å². The van der Waals surface area contributed by atoms with Crippen LogP contribution in [0.3, 0.4) is 0 Å². The van der Waals surface area contributed by atoms with E-state index in [2.05, 4.69) is 15.2 Å². The van der Waals surface area contributed by atoms with Gasteiger partial charge in [0.1, 0.15) is 5.82 Å². The van der Waals surface area contributed by atoms with E-state index in [1.807, 2.05) is 45.3 Å². The third-order valence-electron chi connectivity index (χ3n) is 3.17. The van der Waals surface area contributed by atoms with E-state index in [0.29, 0.717) is 13.1 Å². The maximum atomic E-state index is 13.4. The van der Waals surface area contributed by atoms with Gasteiger partial charge in [0.25, 0.3) is 0 Å². The highest BCUT2D eigenvalue weighted by Crippen LogP contribution is 2.22. The van der Waals surface area contributed by atoms with Crippen molar-refractivity contribution in [3.05, 3.63) is 59.2 Å². The van der Waals surface area contributed by atoms with Crippen molar-refractivity contribution in [1.82, 2.24) is 10.3 Å². The fourth-order valence-electron chi connectivity index (χ4n) is 2.27. The van der Waals surface area contributed by atoms with Crippen LogP contribution >= 0.6 is 0 Å². The molecule has 1 N–H and O–H groups in total. The number of halogens is 1. The van der Waals surface area contributed by atoms with E-state index in [0.717, 1.165) is 22.6 Å². The largest absolute Gasteiger partial charge is 0.368 e. The molecule has 1 aromatic carbocycles. The SMILES string of the molecule is CNCc1cc(F)ccc1N(C)Cc1cccc(C)n1. The normalized spacial score (nSPS) is 10.6. The minimum Gasteiger partial charge on any atom is -0.368 e. The predicted molar refractivity (Wildman–Crippen MR) is 80.2 cm³/mol. The van der Waals surface area contributed by atoms with Gasteiger partial charge in [0, 0.05) is 25.0 Å². The van der Waals surface area contributed by atoms with Crippen LogP contribution < -0.4 is 10.2 Å². The monoisotopic (exact) mass is 273 g/mol. The molecule has 0 fully saturated rings. The maximum Gasteiger partial charge on any atom is 0.123 e. The highest BCUT2D eigenvalue weighted by atomic mass is 19.1. The second-order valence-corrected chi connectivity index (χ2v) is 4.93. The van der Waals surface area contributed by atoms with Gasteiger partial charge in [-0.15, -0.1) is 0 Å². The minimum absolute atomic E-state index is 0.207. The van der Waals surface area contributed by atoms with Crippen LogP contribution in [0, 0.1) is 12.7 Å². The van der Waals surface area contributed by atoms with Crippen molar-refractivity contribution in [3.8, 4) is 0 Å². The summed E-state index contributed by atoms with van der Waals surface area (Å²) in [5.74, 6) is -0.207. The molecule has 0 bridgehead atoms. The predicted octanol–water partition coefficient (Wildman–Crippen LogP) is 2.88. The van der Waals surface area contributed by atoms with Crippen molar-refractivity contribution in [2.24, 2.45) is 0 Å². The second kappa shape index (κ2) is 6.48. The molecule has 0 saturated heterocycles. The van der Waals surface area contributed by atoms with Gasteiger partial charge in [0.05, 0.1) is 12.2 Å². The summed E-state index contributed by atoms with van der Waals surface area (Å²) in [5.41, 5.74) is 3.98. The number of anilines is 1. The number of aromatic nitrogens is 1. The summed E-state index contributed by atoms with van der Waals surface area (Å²) in [7, 11) is 3.85. The number of aryl methyl sites for hydroxylation is 1. The molecule has 0 aliphatic rings. The molecule has 0 radical (unpaired) electrons. The van der Waals surface area contributed by atoms with Crippen molar-refractivity contribution >= 4 is 5.69 Å². The van der Waals surface area contributed by atoms with Crippen LogP contribution in [-0.2, 0) is 13.1 Å². The Hall–Kier alpha value is -1.94.